The van der Waals surface area contributed by atoms with Gasteiger partial charge in [0.05, 0.1) is 6.10 Å². The number of rotatable bonds is 5. The van der Waals surface area contributed by atoms with Gasteiger partial charge in [0.2, 0.25) is 0 Å². The molecule has 0 heterocycles. The molecule has 1 saturated carbocycles. The molecule has 5 heteroatoms. The lowest BCUT2D eigenvalue weighted by Gasteiger charge is -2.29. The first-order valence-corrected chi connectivity index (χ1v) is 6.88. The van der Waals surface area contributed by atoms with Crippen LogP contribution < -0.4 is 5.32 Å². The van der Waals surface area contributed by atoms with Crippen molar-refractivity contribution < 1.29 is 17.9 Å². The Hall–Kier alpha value is -0.290. The van der Waals surface area contributed by atoms with Crippen molar-refractivity contribution in [2.75, 3.05) is 13.7 Å². The SMILES string of the molecule is CNC1CCCCCCC1OCCCC(F)(F)F. The second-order valence-corrected chi connectivity index (χ2v) is 5.01. The minimum atomic E-state index is -4.06. The van der Waals surface area contributed by atoms with E-state index in [0.29, 0.717) is 0 Å². The molecule has 0 saturated heterocycles. The van der Waals surface area contributed by atoms with Crippen LogP contribution in [0.4, 0.5) is 13.2 Å². The number of nitrogens with one attached hydrogen (secondary N) is 1. The van der Waals surface area contributed by atoms with Gasteiger partial charge in [-0.1, -0.05) is 25.7 Å². The Bertz CT molecular complexity index is 221. The molecule has 1 N–H and O–H groups in total. The fraction of sp³-hybridized carbons (Fsp3) is 1.00. The molecule has 1 fully saturated rings. The van der Waals surface area contributed by atoms with E-state index in [9.17, 15) is 13.2 Å². The third-order valence-electron chi connectivity index (χ3n) is 3.51. The highest BCUT2D eigenvalue weighted by atomic mass is 19.4. The number of alkyl halides is 3. The van der Waals surface area contributed by atoms with Crippen LogP contribution in [0.25, 0.3) is 0 Å². The molecule has 2 atom stereocenters. The van der Waals surface area contributed by atoms with Crippen molar-refractivity contribution in [2.45, 2.75) is 69.7 Å². The Morgan fingerprint density at radius 2 is 1.78 bits per heavy atom. The molecule has 0 aromatic rings. The van der Waals surface area contributed by atoms with Crippen LogP contribution in [-0.2, 0) is 4.74 Å². The van der Waals surface area contributed by atoms with Crippen LogP contribution in [0.1, 0.15) is 51.4 Å². The van der Waals surface area contributed by atoms with Gasteiger partial charge in [-0.3, -0.25) is 0 Å². The predicted octanol–water partition coefficient (Wildman–Crippen LogP) is 3.66. The fourth-order valence-corrected chi connectivity index (χ4v) is 2.49. The van der Waals surface area contributed by atoms with Crippen molar-refractivity contribution >= 4 is 0 Å². The van der Waals surface area contributed by atoms with Crippen LogP contribution in [0.3, 0.4) is 0 Å². The molecule has 0 aliphatic heterocycles. The van der Waals surface area contributed by atoms with Gasteiger partial charge in [-0.2, -0.15) is 13.2 Å². The summed E-state index contributed by atoms with van der Waals surface area (Å²) in [5.41, 5.74) is 0. The summed E-state index contributed by atoms with van der Waals surface area (Å²) in [4.78, 5) is 0. The molecule has 0 amide bonds. The highest BCUT2D eigenvalue weighted by molar-refractivity contribution is 4.78. The maximum absolute atomic E-state index is 12.0. The summed E-state index contributed by atoms with van der Waals surface area (Å²) in [6.45, 7) is 0.211. The second-order valence-electron chi connectivity index (χ2n) is 5.01. The first kappa shape index (κ1) is 15.8. The monoisotopic (exact) mass is 267 g/mol. The van der Waals surface area contributed by atoms with Crippen molar-refractivity contribution in [1.82, 2.24) is 5.32 Å². The van der Waals surface area contributed by atoms with E-state index in [2.05, 4.69) is 5.32 Å². The maximum atomic E-state index is 12.0. The van der Waals surface area contributed by atoms with Crippen LogP contribution in [0.2, 0.25) is 0 Å². The average molecular weight is 267 g/mol. The van der Waals surface area contributed by atoms with Gasteiger partial charge in [-0.15, -0.1) is 0 Å². The van der Waals surface area contributed by atoms with Crippen LogP contribution in [-0.4, -0.2) is 32.0 Å². The van der Waals surface area contributed by atoms with Gasteiger partial charge < -0.3 is 10.1 Å². The molecule has 1 rings (SSSR count). The number of likely N-dealkylation sites (N-methyl/N-ethyl adjacent to an activating group) is 1. The highest BCUT2D eigenvalue weighted by Crippen LogP contribution is 2.23. The van der Waals surface area contributed by atoms with E-state index >= 15 is 0 Å². The van der Waals surface area contributed by atoms with Crippen LogP contribution in [0.15, 0.2) is 0 Å². The number of hydrogen-bond acceptors (Lipinski definition) is 2. The molecule has 0 bridgehead atoms. The minimum Gasteiger partial charge on any atom is -0.377 e. The van der Waals surface area contributed by atoms with Gasteiger partial charge in [-0.05, 0) is 26.3 Å². The number of hydrogen-bond donors (Lipinski definition) is 1. The maximum Gasteiger partial charge on any atom is 0.389 e. The molecule has 0 aromatic heterocycles. The van der Waals surface area contributed by atoms with Crippen LogP contribution in [0.5, 0.6) is 0 Å². The summed E-state index contributed by atoms with van der Waals surface area (Å²) in [5, 5.41) is 3.23. The zero-order chi connectivity index (χ0) is 13.4. The lowest BCUT2D eigenvalue weighted by molar-refractivity contribution is -0.139. The van der Waals surface area contributed by atoms with Crippen molar-refractivity contribution in [3.63, 3.8) is 0 Å². The summed E-state index contributed by atoms with van der Waals surface area (Å²) < 4.78 is 41.7. The first-order valence-electron chi connectivity index (χ1n) is 6.88. The van der Waals surface area contributed by atoms with Gasteiger partial charge in [0, 0.05) is 19.1 Å². The lowest BCUT2D eigenvalue weighted by Crippen LogP contribution is -2.40. The summed E-state index contributed by atoms with van der Waals surface area (Å²) in [6, 6.07) is 0.288. The topological polar surface area (TPSA) is 21.3 Å². The van der Waals surface area contributed by atoms with Gasteiger partial charge >= 0.3 is 6.18 Å². The van der Waals surface area contributed by atoms with E-state index in [1.165, 1.54) is 19.3 Å². The second kappa shape index (κ2) is 8.00. The zero-order valence-electron chi connectivity index (χ0n) is 11.1. The predicted molar refractivity (Wildman–Crippen MR) is 65.6 cm³/mol. The number of ether oxygens (including phenoxy) is 1. The van der Waals surface area contributed by atoms with Crippen molar-refractivity contribution in [1.29, 1.82) is 0 Å². The van der Waals surface area contributed by atoms with Crippen LogP contribution >= 0.6 is 0 Å². The normalized spacial score (nSPS) is 26.7. The molecular weight excluding hydrogens is 243 g/mol. The Morgan fingerprint density at radius 3 is 2.39 bits per heavy atom. The van der Waals surface area contributed by atoms with E-state index in [1.807, 2.05) is 7.05 Å². The molecule has 0 aromatic carbocycles. The van der Waals surface area contributed by atoms with E-state index in [-0.39, 0.29) is 25.2 Å². The molecule has 18 heavy (non-hydrogen) atoms. The van der Waals surface area contributed by atoms with E-state index in [0.717, 1.165) is 19.3 Å². The third kappa shape index (κ3) is 6.59. The molecule has 2 unspecified atom stereocenters. The highest BCUT2D eigenvalue weighted by Gasteiger charge is 2.27. The standard InChI is InChI=1S/C13H24F3NO/c1-17-11-7-4-2-3-5-8-12(11)18-10-6-9-13(14,15)16/h11-12,17H,2-10H2,1H3. The van der Waals surface area contributed by atoms with Gasteiger partial charge in [0.1, 0.15) is 0 Å². The van der Waals surface area contributed by atoms with Gasteiger partial charge in [-0.25, -0.2) is 0 Å². The van der Waals surface area contributed by atoms with E-state index < -0.39 is 12.6 Å². The summed E-state index contributed by atoms with van der Waals surface area (Å²) in [7, 11) is 1.90. The van der Waals surface area contributed by atoms with E-state index in [4.69, 9.17) is 4.74 Å². The first-order chi connectivity index (χ1) is 8.53. The molecule has 108 valence electrons. The van der Waals surface area contributed by atoms with Gasteiger partial charge in [0.15, 0.2) is 0 Å². The zero-order valence-corrected chi connectivity index (χ0v) is 11.1. The Kier molecular flexibility index (Phi) is 7.00. The minimum absolute atomic E-state index is 0.0659. The fourth-order valence-electron chi connectivity index (χ4n) is 2.49. The Balaban J connectivity index is 2.27. The largest absolute Gasteiger partial charge is 0.389 e. The van der Waals surface area contributed by atoms with Gasteiger partial charge in [0.25, 0.3) is 0 Å². The molecular formula is C13H24F3NO. The molecule has 0 radical (unpaired) electrons. The van der Waals surface area contributed by atoms with Crippen molar-refractivity contribution in [2.24, 2.45) is 0 Å². The molecule has 1 aliphatic carbocycles. The molecule has 1 aliphatic rings. The summed E-state index contributed by atoms with van der Waals surface area (Å²) >= 11 is 0. The van der Waals surface area contributed by atoms with Crippen molar-refractivity contribution in [3.05, 3.63) is 0 Å². The average Bonchev–Trinajstić information content (AvgIpc) is 2.25. The number of halogens is 3. The molecule has 2 nitrogen and oxygen atoms in total. The third-order valence-corrected chi connectivity index (χ3v) is 3.51. The van der Waals surface area contributed by atoms with Crippen LogP contribution in [0, 0.1) is 0 Å². The summed E-state index contributed by atoms with van der Waals surface area (Å²) in [5.74, 6) is 0. The summed E-state index contributed by atoms with van der Waals surface area (Å²) in [6.07, 6.45) is 2.09. The Labute approximate surface area is 107 Å². The smallest absolute Gasteiger partial charge is 0.377 e. The quantitative estimate of drug-likeness (QED) is 0.768. The lowest BCUT2D eigenvalue weighted by atomic mass is 9.94. The van der Waals surface area contributed by atoms with E-state index in [1.54, 1.807) is 0 Å². The Morgan fingerprint density at radius 1 is 1.11 bits per heavy atom. The molecule has 0 spiro atoms. The van der Waals surface area contributed by atoms with Crippen molar-refractivity contribution in [3.8, 4) is 0 Å².